The maximum atomic E-state index is 11.8. The van der Waals surface area contributed by atoms with E-state index in [0.29, 0.717) is 17.4 Å². The molecular weight excluding hydrogens is 232 g/mol. The maximum Gasteiger partial charge on any atom is 0.251 e. The summed E-state index contributed by atoms with van der Waals surface area (Å²) in [5.41, 5.74) is 7.23. The summed E-state index contributed by atoms with van der Waals surface area (Å²) in [6.45, 7) is 3.39. The average Bonchev–Trinajstić information content (AvgIpc) is 2.38. The second-order valence-electron chi connectivity index (χ2n) is 3.99. The van der Waals surface area contributed by atoms with Crippen molar-refractivity contribution in [3.63, 3.8) is 0 Å². The van der Waals surface area contributed by atoms with Crippen molar-refractivity contribution in [1.82, 2.24) is 5.32 Å². The fourth-order valence-electron chi connectivity index (χ4n) is 1.40. The number of nitrogens with two attached hydrogens (primary N) is 1. The number of hydrogen-bond acceptors (Lipinski definition) is 3. The molecule has 0 aliphatic heterocycles. The fraction of sp³-hybridized carbons (Fsp3) is 0.462. The predicted octanol–water partition coefficient (Wildman–Crippen LogP) is 2.02. The zero-order valence-electron chi connectivity index (χ0n) is 10.4. The summed E-state index contributed by atoms with van der Waals surface area (Å²) in [4.78, 5) is 11.8. The Morgan fingerprint density at radius 1 is 1.41 bits per heavy atom. The van der Waals surface area contributed by atoms with Crippen molar-refractivity contribution in [1.29, 1.82) is 0 Å². The Kier molecular flexibility index (Phi) is 6.08. The van der Waals surface area contributed by atoms with Crippen molar-refractivity contribution in [3.8, 4) is 0 Å². The molecule has 1 aromatic rings. The molecule has 3 nitrogen and oxygen atoms in total. The van der Waals surface area contributed by atoms with Crippen molar-refractivity contribution in [2.45, 2.75) is 25.1 Å². The smallest absolute Gasteiger partial charge is 0.251 e. The molecule has 0 fully saturated rings. The van der Waals surface area contributed by atoms with Crippen LogP contribution in [0, 0.1) is 0 Å². The standard InChI is InChI=1S/C13H20N2OS/c1-10(17-2)7-8-15-13(16)12-5-3-11(9-14)4-6-12/h3-6,10H,7-9,14H2,1-2H3,(H,15,16). The van der Waals surface area contributed by atoms with Gasteiger partial charge in [0.25, 0.3) is 5.91 Å². The first-order chi connectivity index (χ1) is 8.17. The molecule has 1 rings (SSSR count). The van der Waals surface area contributed by atoms with Gasteiger partial charge in [-0.2, -0.15) is 11.8 Å². The summed E-state index contributed by atoms with van der Waals surface area (Å²) in [7, 11) is 0. The lowest BCUT2D eigenvalue weighted by molar-refractivity contribution is 0.0953. The molecule has 0 saturated carbocycles. The van der Waals surface area contributed by atoms with Gasteiger partial charge in [-0.05, 0) is 30.4 Å². The summed E-state index contributed by atoms with van der Waals surface area (Å²) < 4.78 is 0. The minimum atomic E-state index is -0.0122. The third-order valence-corrected chi connectivity index (χ3v) is 3.73. The molecule has 0 aromatic heterocycles. The molecule has 0 radical (unpaired) electrons. The second kappa shape index (κ2) is 7.35. The lowest BCUT2D eigenvalue weighted by Gasteiger charge is -2.09. The van der Waals surface area contributed by atoms with Gasteiger partial charge in [-0.1, -0.05) is 19.1 Å². The van der Waals surface area contributed by atoms with Gasteiger partial charge >= 0.3 is 0 Å². The van der Waals surface area contributed by atoms with Gasteiger partial charge in [0.05, 0.1) is 0 Å². The monoisotopic (exact) mass is 252 g/mol. The molecule has 94 valence electrons. The number of hydrogen-bond donors (Lipinski definition) is 2. The van der Waals surface area contributed by atoms with Gasteiger partial charge < -0.3 is 11.1 Å². The van der Waals surface area contributed by atoms with E-state index in [4.69, 9.17) is 5.73 Å². The fourth-order valence-corrected chi connectivity index (χ4v) is 1.75. The molecule has 3 N–H and O–H groups in total. The number of carbonyl (C=O) groups excluding carboxylic acids is 1. The Morgan fingerprint density at radius 2 is 2.06 bits per heavy atom. The van der Waals surface area contributed by atoms with Crippen LogP contribution in [0.15, 0.2) is 24.3 Å². The summed E-state index contributed by atoms with van der Waals surface area (Å²) in [6, 6.07) is 7.41. The third kappa shape index (κ3) is 4.79. The summed E-state index contributed by atoms with van der Waals surface area (Å²) in [5, 5.41) is 3.50. The Balaban J connectivity index is 2.41. The first-order valence-corrected chi connectivity index (χ1v) is 7.06. The highest BCUT2D eigenvalue weighted by molar-refractivity contribution is 7.99. The van der Waals surface area contributed by atoms with E-state index in [-0.39, 0.29) is 5.91 Å². The van der Waals surface area contributed by atoms with E-state index in [1.807, 2.05) is 36.0 Å². The highest BCUT2D eigenvalue weighted by atomic mass is 32.2. The van der Waals surface area contributed by atoms with E-state index in [1.165, 1.54) is 0 Å². The van der Waals surface area contributed by atoms with Crippen LogP contribution in [-0.4, -0.2) is 24.0 Å². The molecule has 0 spiro atoms. The highest BCUT2D eigenvalue weighted by Crippen LogP contribution is 2.08. The van der Waals surface area contributed by atoms with Crippen LogP contribution < -0.4 is 11.1 Å². The largest absolute Gasteiger partial charge is 0.352 e. The number of thioether (sulfide) groups is 1. The van der Waals surface area contributed by atoms with Crippen LogP contribution in [0.5, 0.6) is 0 Å². The zero-order valence-corrected chi connectivity index (χ0v) is 11.2. The van der Waals surface area contributed by atoms with E-state index < -0.39 is 0 Å². The van der Waals surface area contributed by atoms with Crippen molar-refractivity contribution >= 4 is 17.7 Å². The lowest BCUT2D eigenvalue weighted by Crippen LogP contribution is -2.26. The van der Waals surface area contributed by atoms with Crippen LogP contribution in [0.1, 0.15) is 29.3 Å². The van der Waals surface area contributed by atoms with Gasteiger partial charge in [-0.15, -0.1) is 0 Å². The van der Waals surface area contributed by atoms with Crippen LogP contribution in [0.25, 0.3) is 0 Å². The first kappa shape index (κ1) is 14.1. The quantitative estimate of drug-likeness (QED) is 0.814. The molecule has 0 saturated heterocycles. The van der Waals surface area contributed by atoms with Gasteiger partial charge in [0, 0.05) is 23.9 Å². The number of amides is 1. The number of nitrogens with one attached hydrogen (secondary N) is 1. The lowest BCUT2D eigenvalue weighted by atomic mass is 10.1. The van der Waals surface area contributed by atoms with Gasteiger partial charge in [0.1, 0.15) is 0 Å². The summed E-state index contributed by atoms with van der Waals surface area (Å²) in [5.74, 6) is -0.0122. The van der Waals surface area contributed by atoms with E-state index >= 15 is 0 Å². The van der Waals surface area contributed by atoms with Crippen LogP contribution in [0.2, 0.25) is 0 Å². The molecule has 4 heteroatoms. The van der Waals surface area contributed by atoms with E-state index in [9.17, 15) is 4.79 Å². The van der Waals surface area contributed by atoms with Crippen LogP contribution >= 0.6 is 11.8 Å². The van der Waals surface area contributed by atoms with Crippen LogP contribution in [-0.2, 0) is 6.54 Å². The molecule has 1 atom stereocenters. The minimum absolute atomic E-state index is 0.0122. The Labute approximate surface area is 107 Å². The summed E-state index contributed by atoms with van der Waals surface area (Å²) in [6.07, 6.45) is 3.08. The van der Waals surface area contributed by atoms with Crippen molar-refractivity contribution in [2.75, 3.05) is 12.8 Å². The third-order valence-electron chi connectivity index (χ3n) is 2.69. The van der Waals surface area contributed by atoms with Gasteiger partial charge in [0.2, 0.25) is 0 Å². The van der Waals surface area contributed by atoms with Crippen molar-refractivity contribution < 1.29 is 4.79 Å². The van der Waals surface area contributed by atoms with Gasteiger partial charge in [0.15, 0.2) is 0 Å². The SMILES string of the molecule is CSC(C)CCNC(=O)c1ccc(CN)cc1. The molecule has 1 amide bonds. The number of benzene rings is 1. The maximum absolute atomic E-state index is 11.8. The van der Waals surface area contributed by atoms with E-state index in [1.54, 1.807) is 0 Å². The van der Waals surface area contributed by atoms with E-state index in [2.05, 4.69) is 18.5 Å². The Hall–Kier alpha value is -1.00. The topological polar surface area (TPSA) is 55.1 Å². The molecule has 0 bridgehead atoms. The molecule has 17 heavy (non-hydrogen) atoms. The van der Waals surface area contributed by atoms with E-state index in [0.717, 1.165) is 18.5 Å². The first-order valence-electron chi connectivity index (χ1n) is 5.77. The molecular formula is C13H20N2OS. The predicted molar refractivity (Wildman–Crippen MR) is 74.3 cm³/mol. The van der Waals surface area contributed by atoms with Crippen LogP contribution in [0.4, 0.5) is 0 Å². The molecule has 0 aliphatic carbocycles. The van der Waals surface area contributed by atoms with Crippen LogP contribution in [0.3, 0.4) is 0 Å². The normalized spacial score (nSPS) is 12.2. The molecule has 1 aromatic carbocycles. The molecule has 0 heterocycles. The number of carbonyl (C=O) groups is 1. The summed E-state index contributed by atoms with van der Waals surface area (Å²) >= 11 is 1.81. The Bertz CT molecular complexity index is 351. The Morgan fingerprint density at radius 3 is 2.59 bits per heavy atom. The highest BCUT2D eigenvalue weighted by Gasteiger charge is 2.05. The van der Waals surface area contributed by atoms with Crippen molar-refractivity contribution in [2.24, 2.45) is 5.73 Å². The van der Waals surface area contributed by atoms with Gasteiger partial charge in [-0.25, -0.2) is 0 Å². The molecule has 1 unspecified atom stereocenters. The van der Waals surface area contributed by atoms with Gasteiger partial charge in [-0.3, -0.25) is 4.79 Å². The zero-order chi connectivity index (χ0) is 12.7. The van der Waals surface area contributed by atoms with Crippen molar-refractivity contribution in [3.05, 3.63) is 35.4 Å². The second-order valence-corrected chi connectivity index (χ2v) is 5.27. The number of rotatable bonds is 6. The molecule has 0 aliphatic rings. The average molecular weight is 252 g/mol. The minimum Gasteiger partial charge on any atom is -0.352 e.